The maximum atomic E-state index is 11.8. The first kappa shape index (κ1) is 21.9. The molecule has 1 saturated heterocycles. The van der Waals surface area contributed by atoms with Crippen LogP contribution in [0.5, 0.6) is 0 Å². The standard InChI is InChI=1S/C15H28N4O3.HI/c1-15(2,3)18-12(20)10-17-14(16-4)19-8-6-11(7-9-19)13(21)22-5;/h11H,6-10H2,1-5H3,(H,16,17)(H,18,20);1H. The van der Waals surface area contributed by atoms with Crippen LogP contribution in [0.15, 0.2) is 4.99 Å². The third-order valence-corrected chi connectivity index (χ3v) is 3.46. The van der Waals surface area contributed by atoms with Crippen LogP contribution in [0.1, 0.15) is 33.6 Å². The van der Waals surface area contributed by atoms with Gasteiger partial charge in [-0.25, -0.2) is 0 Å². The highest BCUT2D eigenvalue weighted by atomic mass is 127. The van der Waals surface area contributed by atoms with Gasteiger partial charge in [-0.05, 0) is 33.6 Å². The molecule has 8 heteroatoms. The third-order valence-electron chi connectivity index (χ3n) is 3.46. The molecule has 0 aromatic carbocycles. The molecule has 0 spiro atoms. The predicted molar refractivity (Wildman–Crippen MR) is 101 cm³/mol. The first-order valence-electron chi connectivity index (χ1n) is 7.61. The minimum atomic E-state index is -0.249. The molecule has 0 radical (unpaired) electrons. The second kappa shape index (κ2) is 9.94. The Kier molecular flexibility index (Phi) is 9.48. The maximum absolute atomic E-state index is 11.8. The third kappa shape index (κ3) is 7.85. The van der Waals surface area contributed by atoms with Crippen molar-refractivity contribution in [3.8, 4) is 0 Å². The molecule has 23 heavy (non-hydrogen) atoms. The van der Waals surface area contributed by atoms with Crippen LogP contribution < -0.4 is 10.6 Å². The SMILES string of the molecule is CN=C(NCC(=O)NC(C)(C)C)N1CCC(C(=O)OC)CC1.I. The number of nitrogens with one attached hydrogen (secondary N) is 2. The van der Waals surface area contributed by atoms with E-state index in [1.54, 1.807) is 7.05 Å². The van der Waals surface area contributed by atoms with Gasteiger partial charge in [0.05, 0.1) is 19.6 Å². The maximum Gasteiger partial charge on any atom is 0.308 e. The van der Waals surface area contributed by atoms with Crippen molar-refractivity contribution >= 4 is 41.8 Å². The molecular weight excluding hydrogens is 411 g/mol. The number of carbonyl (C=O) groups is 2. The summed E-state index contributed by atoms with van der Waals surface area (Å²) in [6.45, 7) is 7.45. The molecule has 7 nitrogen and oxygen atoms in total. The molecule has 2 N–H and O–H groups in total. The van der Waals surface area contributed by atoms with Crippen molar-refractivity contribution < 1.29 is 14.3 Å². The topological polar surface area (TPSA) is 83.0 Å². The average molecular weight is 440 g/mol. The van der Waals surface area contributed by atoms with E-state index in [4.69, 9.17) is 4.74 Å². The van der Waals surface area contributed by atoms with Crippen molar-refractivity contribution in [1.29, 1.82) is 0 Å². The van der Waals surface area contributed by atoms with Gasteiger partial charge in [-0.15, -0.1) is 24.0 Å². The second-order valence-corrected chi connectivity index (χ2v) is 6.48. The number of carbonyl (C=O) groups excluding carboxylic acids is 2. The first-order chi connectivity index (χ1) is 10.3. The molecule has 0 unspecified atom stereocenters. The van der Waals surface area contributed by atoms with Crippen LogP contribution in [-0.2, 0) is 14.3 Å². The summed E-state index contributed by atoms with van der Waals surface area (Å²) in [6, 6.07) is 0. The smallest absolute Gasteiger partial charge is 0.308 e. The Labute approximate surface area is 155 Å². The number of piperidine rings is 1. The molecule has 1 heterocycles. The van der Waals surface area contributed by atoms with Crippen LogP contribution in [0.2, 0.25) is 0 Å². The van der Waals surface area contributed by atoms with Gasteiger partial charge in [0.2, 0.25) is 5.91 Å². The fourth-order valence-electron chi connectivity index (χ4n) is 2.45. The molecule has 0 aromatic heterocycles. The molecule has 1 rings (SSSR count). The monoisotopic (exact) mass is 440 g/mol. The Hall–Kier alpha value is -1.06. The molecule has 1 amide bonds. The molecular formula is C15H29IN4O3. The van der Waals surface area contributed by atoms with Crippen molar-refractivity contribution in [1.82, 2.24) is 15.5 Å². The van der Waals surface area contributed by atoms with Crippen LogP contribution in [0.25, 0.3) is 0 Å². The molecule has 0 bridgehead atoms. The summed E-state index contributed by atoms with van der Waals surface area (Å²) in [6.07, 6.45) is 1.48. The van der Waals surface area contributed by atoms with Crippen LogP contribution in [-0.4, -0.2) is 62.1 Å². The van der Waals surface area contributed by atoms with E-state index in [0.717, 1.165) is 25.9 Å². The number of esters is 1. The molecule has 1 aliphatic rings. The van der Waals surface area contributed by atoms with E-state index in [1.807, 2.05) is 20.8 Å². The fourth-order valence-corrected chi connectivity index (χ4v) is 2.45. The molecule has 134 valence electrons. The number of methoxy groups -OCH3 is 1. The van der Waals surface area contributed by atoms with Gasteiger partial charge < -0.3 is 20.3 Å². The zero-order chi connectivity index (χ0) is 16.8. The highest BCUT2D eigenvalue weighted by Gasteiger charge is 2.27. The van der Waals surface area contributed by atoms with Crippen molar-refractivity contribution in [2.45, 2.75) is 39.2 Å². The Morgan fingerprint density at radius 3 is 2.26 bits per heavy atom. The quantitative estimate of drug-likeness (QED) is 0.296. The van der Waals surface area contributed by atoms with E-state index in [9.17, 15) is 9.59 Å². The van der Waals surface area contributed by atoms with Gasteiger partial charge in [0.25, 0.3) is 0 Å². The number of guanidine groups is 1. The van der Waals surface area contributed by atoms with Crippen LogP contribution in [0.4, 0.5) is 0 Å². The number of hydrogen-bond donors (Lipinski definition) is 2. The first-order valence-corrected chi connectivity index (χ1v) is 7.61. The molecule has 1 fully saturated rings. The zero-order valence-corrected chi connectivity index (χ0v) is 17.0. The van der Waals surface area contributed by atoms with Gasteiger partial charge in [0, 0.05) is 25.7 Å². The summed E-state index contributed by atoms with van der Waals surface area (Å²) in [7, 11) is 3.11. The number of rotatable bonds is 3. The fraction of sp³-hybridized carbons (Fsp3) is 0.800. The Bertz CT molecular complexity index is 427. The number of hydrogen-bond acceptors (Lipinski definition) is 4. The number of ether oxygens (including phenoxy) is 1. The summed E-state index contributed by atoms with van der Waals surface area (Å²) in [5, 5.41) is 5.96. The lowest BCUT2D eigenvalue weighted by molar-refractivity contribution is -0.146. The summed E-state index contributed by atoms with van der Waals surface area (Å²) in [4.78, 5) is 29.6. The van der Waals surface area contributed by atoms with Gasteiger partial charge in [0.15, 0.2) is 5.96 Å². The van der Waals surface area contributed by atoms with Crippen LogP contribution in [0, 0.1) is 5.92 Å². The molecule has 0 saturated carbocycles. The highest BCUT2D eigenvalue weighted by molar-refractivity contribution is 14.0. The minimum Gasteiger partial charge on any atom is -0.469 e. The summed E-state index contributed by atoms with van der Waals surface area (Å²) < 4.78 is 4.78. The minimum absolute atomic E-state index is 0. The van der Waals surface area contributed by atoms with Crippen molar-refractivity contribution in [2.24, 2.45) is 10.9 Å². The highest BCUT2D eigenvalue weighted by Crippen LogP contribution is 2.18. The van der Waals surface area contributed by atoms with E-state index in [1.165, 1.54) is 7.11 Å². The largest absolute Gasteiger partial charge is 0.469 e. The number of likely N-dealkylation sites (tertiary alicyclic amines) is 1. The van der Waals surface area contributed by atoms with E-state index in [2.05, 4.69) is 20.5 Å². The Balaban J connectivity index is 0.00000484. The molecule has 0 aliphatic carbocycles. The van der Waals surface area contributed by atoms with E-state index in [0.29, 0.717) is 5.96 Å². The Morgan fingerprint density at radius 1 is 1.26 bits per heavy atom. The number of nitrogens with zero attached hydrogens (tertiary/aromatic N) is 2. The molecule has 0 aromatic rings. The lowest BCUT2D eigenvalue weighted by Gasteiger charge is -2.33. The van der Waals surface area contributed by atoms with Gasteiger partial charge in [-0.1, -0.05) is 0 Å². The van der Waals surface area contributed by atoms with Gasteiger partial charge in [0.1, 0.15) is 0 Å². The average Bonchev–Trinajstić information content (AvgIpc) is 2.46. The predicted octanol–water partition coefficient (Wildman–Crippen LogP) is 0.980. The normalized spacial score (nSPS) is 16.4. The lowest BCUT2D eigenvalue weighted by Crippen LogP contribution is -2.51. The van der Waals surface area contributed by atoms with Crippen molar-refractivity contribution in [3.63, 3.8) is 0 Å². The lowest BCUT2D eigenvalue weighted by atomic mass is 9.97. The zero-order valence-electron chi connectivity index (χ0n) is 14.6. The van der Waals surface area contributed by atoms with E-state index in [-0.39, 0.29) is 53.9 Å². The summed E-state index contributed by atoms with van der Waals surface area (Å²) >= 11 is 0. The summed E-state index contributed by atoms with van der Waals surface area (Å²) in [5.41, 5.74) is -0.249. The summed E-state index contributed by atoms with van der Waals surface area (Å²) in [5.74, 6) is 0.432. The van der Waals surface area contributed by atoms with E-state index >= 15 is 0 Å². The molecule has 1 aliphatic heterocycles. The van der Waals surface area contributed by atoms with Crippen LogP contribution >= 0.6 is 24.0 Å². The van der Waals surface area contributed by atoms with Gasteiger partial charge >= 0.3 is 5.97 Å². The van der Waals surface area contributed by atoms with Crippen molar-refractivity contribution in [3.05, 3.63) is 0 Å². The van der Waals surface area contributed by atoms with Crippen LogP contribution in [0.3, 0.4) is 0 Å². The molecule has 0 atom stereocenters. The second-order valence-electron chi connectivity index (χ2n) is 6.48. The number of amides is 1. The van der Waals surface area contributed by atoms with E-state index < -0.39 is 0 Å². The number of aliphatic imine (C=N–C) groups is 1. The Morgan fingerprint density at radius 2 is 1.83 bits per heavy atom. The van der Waals surface area contributed by atoms with Gasteiger partial charge in [-0.3, -0.25) is 14.6 Å². The van der Waals surface area contributed by atoms with Crippen molar-refractivity contribution in [2.75, 3.05) is 33.8 Å². The number of halogens is 1. The van der Waals surface area contributed by atoms with Gasteiger partial charge in [-0.2, -0.15) is 0 Å².